The zero-order valence-corrected chi connectivity index (χ0v) is 10.7. The number of nitrogens with two attached hydrogens (primary N) is 1. The Labute approximate surface area is 104 Å². The van der Waals surface area contributed by atoms with E-state index < -0.39 is 0 Å². The minimum atomic E-state index is 0. The highest BCUT2D eigenvalue weighted by Gasteiger charge is 2.18. The van der Waals surface area contributed by atoms with E-state index in [1.807, 2.05) is 0 Å². The van der Waals surface area contributed by atoms with Gasteiger partial charge in [-0.25, -0.2) is 0 Å². The normalized spacial score (nSPS) is 20.8. The largest absolute Gasteiger partial charge is 0.326 e. The van der Waals surface area contributed by atoms with E-state index in [0.717, 1.165) is 32.5 Å². The van der Waals surface area contributed by atoms with Gasteiger partial charge in [0.2, 0.25) is 0 Å². The van der Waals surface area contributed by atoms with Crippen LogP contribution in [0, 0.1) is 0 Å². The van der Waals surface area contributed by atoms with Crippen LogP contribution in [0.1, 0.15) is 24.5 Å². The van der Waals surface area contributed by atoms with Crippen LogP contribution in [-0.4, -0.2) is 24.0 Å². The fourth-order valence-corrected chi connectivity index (χ4v) is 2.14. The highest BCUT2D eigenvalue weighted by Crippen LogP contribution is 2.13. The number of hydrogen-bond acceptors (Lipinski definition) is 2. The molecule has 1 atom stereocenters. The third-order valence-electron chi connectivity index (χ3n) is 3.15. The molecule has 0 spiro atoms. The van der Waals surface area contributed by atoms with Gasteiger partial charge in [-0.3, -0.25) is 4.90 Å². The average molecular weight is 241 g/mol. The van der Waals surface area contributed by atoms with Crippen molar-refractivity contribution in [2.75, 3.05) is 13.1 Å². The van der Waals surface area contributed by atoms with E-state index in [1.165, 1.54) is 11.1 Å². The van der Waals surface area contributed by atoms with Crippen molar-refractivity contribution in [3.8, 4) is 0 Å². The Hall–Kier alpha value is -0.570. The molecule has 1 aliphatic heterocycles. The van der Waals surface area contributed by atoms with Gasteiger partial charge in [0.05, 0.1) is 0 Å². The minimum absolute atomic E-state index is 0. The maximum Gasteiger partial charge on any atom is 0.0234 e. The van der Waals surface area contributed by atoms with Gasteiger partial charge in [-0.1, -0.05) is 31.2 Å². The van der Waals surface area contributed by atoms with Crippen LogP contribution in [-0.2, 0) is 13.0 Å². The lowest BCUT2D eigenvalue weighted by molar-refractivity contribution is 0.327. The number of rotatable bonds is 3. The molecule has 0 bridgehead atoms. The first-order chi connectivity index (χ1) is 7.28. The van der Waals surface area contributed by atoms with Gasteiger partial charge in [-0.05, 0) is 24.0 Å². The maximum atomic E-state index is 5.88. The zero-order valence-electron chi connectivity index (χ0n) is 9.86. The molecule has 0 amide bonds. The standard InChI is InChI=1S/C13H20N2.ClH/c1-2-11-3-5-12(6-4-11)9-15-8-7-13(14)10-15;/h3-6,13H,2,7-10,14H2,1H3;1H/t13-;/m0./s1. The van der Waals surface area contributed by atoms with E-state index in [4.69, 9.17) is 5.73 Å². The summed E-state index contributed by atoms with van der Waals surface area (Å²) in [6.45, 7) is 5.44. The number of benzene rings is 1. The molecular weight excluding hydrogens is 220 g/mol. The average Bonchev–Trinajstić information content (AvgIpc) is 2.65. The quantitative estimate of drug-likeness (QED) is 0.878. The Morgan fingerprint density at radius 1 is 1.25 bits per heavy atom. The van der Waals surface area contributed by atoms with Gasteiger partial charge in [0.1, 0.15) is 0 Å². The Bertz CT molecular complexity index is 310. The molecule has 1 fully saturated rings. The van der Waals surface area contributed by atoms with Gasteiger partial charge >= 0.3 is 0 Å². The summed E-state index contributed by atoms with van der Waals surface area (Å²) in [5, 5.41) is 0. The topological polar surface area (TPSA) is 29.3 Å². The van der Waals surface area contributed by atoms with Crippen LogP contribution in [0.4, 0.5) is 0 Å². The first-order valence-corrected chi connectivity index (χ1v) is 5.83. The van der Waals surface area contributed by atoms with Crippen molar-refractivity contribution >= 4 is 12.4 Å². The summed E-state index contributed by atoms with van der Waals surface area (Å²) >= 11 is 0. The summed E-state index contributed by atoms with van der Waals surface area (Å²) in [7, 11) is 0. The van der Waals surface area contributed by atoms with Crippen molar-refractivity contribution in [1.29, 1.82) is 0 Å². The fraction of sp³-hybridized carbons (Fsp3) is 0.538. The third kappa shape index (κ3) is 3.48. The monoisotopic (exact) mass is 240 g/mol. The Balaban J connectivity index is 0.00000128. The molecule has 0 saturated carbocycles. The second-order valence-electron chi connectivity index (χ2n) is 4.45. The lowest BCUT2D eigenvalue weighted by Gasteiger charge is -2.15. The van der Waals surface area contributed by atoms with Crippen LogP contribution < -0.4 is 5.73 Å². The van der Waals surface area contributed by atoms with Crippen LogP contribution in [0.3, 0.4) is 0 Å². The molecule has 1 aromatic carbocycles. The molecule has 2 N–H and O–H groups in total. The SMILES string of the molecule is CCc1ccc(CN2CC[C@H](N)C2)cc1.Cl. The van der Waals surface area contributed by atoms with Crippen molar-refractivity contribution in [2.45, 2.75) is 32.4 Å². The summed E-state index contributed by atoms with van der Waals surface area (Å²) in [6, 6.07) is 9.32. The predicted octanol–water partition coefficient (Wildman–Crippen LogP) is 2.20. The van der Waals surface area contributed by atoms with Gasteiger partial charge in [-0.2, -0.15) is 0 Å². The van der Waals surface area contributed by atoms with Gasteiger partial charge in [0.25, 0.3) is 0 Å². The fourth-order valence-electron chi connectivity index (χ4n) is 2.14. The summed E-state index contributed by atoms with van der Waals surface area (Å²) in [4.78, 5) is 2.44. The number of halogens is 1. The van der Waals surface area contributed by atoms with Crippen LogP contribution >= 0.6 is 12.4 Å². The van der Waals surface area contributed by atoms with Crippen molar-refractivity contribution in [2.24, 2.45) is 5.73 Å². The first-order valence-electron chi connectivity index (χ1n) is 5.83. The number of likely N-dealkylation sites (tertiary alicyclic amines) is 1. The van der Waals surface area contributed by atoms with E-state index in [1.54, 1.807) is 0 Å². The molecule has 0 aromatic heterocycles. The Morgan fingerprint density at radius 3 is 2.38 bits per heavy atom. The second-order valence-corrected chi connectivity index (χ2v) is 4.45. The predicted molar refractivity (Wildman–Crippen MR) is 70.9 cm³/mol. The lowest BCUT2D eigenvalue weighted by atomic mass is 10.1. The van der Waals surface area contributed by atoms with Crippen LogP contribution in [0.2, 0.25) is 0 Å². The minimum Gasteiger partial charge on any atom is -0.326 e. The van der Waals surface area contributed by atoms with E-state index in [2.05, 4.69) is 36.1 Å². The van der Waals surface area contributed by atoms with Crippen molar-refractivity contribution < 1.29 is 0 Å². The highest BCUT2D eigenvalue weighted by molar-refractivity contribution is 5.85. The van der Waals surface area contributed by atoms with E-state index in [-0.39, 0.29) is 12.4 Å². The summed E-state index contributed by atoms with van der Waals surface area (Å²) in [5.41, 5.74) is 8.70. The molecule has 0 unspecified atom stereocenters. The number of aryl methyl sites for hydroxylation is 1. The van der Waals surface area contributed by atoms with Gasteiger partial charge in [-0.15, -0.1) is 12.4 Å². The second kappa shape index (κ2) is 6.24. The molecule has 2 rings (SSSR count). The summed E-state index contributed by atoms with van der Waals surface area (Å²) in [6.07, 6.45) is 2.27. The first kappa shape index (κ1) is 13.5. The molecular formula is C13H21ClN2. The molecule has 1 heterocycles. The molecule has 1 aliphatic rings. The molecule has 3 heteroatoms. The van der Waals surface area contributed by atoms with E-state index in [9.17, 15) is 0 Å². The smallest absolute Gasteiger partial charge is 0.0234 e. The van der Waals surface area contributed by atoms with Crippen molar-refractivity contribution in [3.63, 3.8) is 0 Å². The van der Waals surface area contributed by atoms with Crippen LogP contribution in [0.5, 0.6) is 0 Å². The number of hydrogen-bond donors (Lipinski definition) is 1. The molecule has 0 radical (unpaired) electrons. The highest BCUT2D eigenvalue weighted by atomic mass is 35.5. The maximum absolute atomic E-state index is 5.88. The molecule has 16 heavy (non-hydrogen) atoms. The molecule has 90 valence electrons. The number of nitrogens with zero attached hydrogens (tertiary/aromatic N) is 1. The van der Waals surface area contributed by atoms with Gasteiger partial charge < -0.3 is 5.73 Å². The Kier molecular flexibility index (Phi) is 5.26. The Morgan fingerprint density at radius 2 is 1.88 bits per heavy atom. The lowest BCUT2D eigenvalue weighted by Crippen LogP contribution is -2.26. The van der Waals surface area contributed by atoms with E-state index >= 15 is 0 Å². The van der Waals surface area contributed by atoms with Crippen molar-refractivity contribution in [3.05, 3.63) is 35.4 Å². The molecule has 1 saturated heterocycles. The molecule has 0 aliphatic carbocycles. The zero-order chi connectivity index (χ0) is 10.7. The summed E-state index contributed by atoms with van der Waals surface area (Å²) < 4.78 is 0. The molecule has 2 nitrogen and oxygen atoms in total. The van der Waals surface area contributed by atoms with Crippen LogP contribution in [0.25, 0.3) is 0 Å². The van der Waals surface area contributed by atoms with Gasteiger partial charge in [0.15, 0.2) is 0 Å². The molecule has 1 aromatic rings. The van der Waals surface area contributed by atoms with Crippen LogP contribution in [0.15, 0.2) is 24.3 Å². The summed E-state index contributed by atoms with van der Waals surface area (Å²) in [5.74, 6) is 0. The van der Waals surface area contributed by atoms with Gasteiger partial charge in [0, 0.05) is 25.7 Å². The van der Waals surface area contributed by atoms with E-state index in [0.29, 0.717) is 6.04 Å². The van der Waals surface area contributed by atoms with Crippen molar-refractivity contribution in [1.82, 2.24) is 4.90 Å². The third-order valence-corrected chi connectivity index (χ3v) is 3.15.